The molecule has 2 aromatic carbocycles. The highest BCUT2D eigenvalue weighted by Gasteiger charge is 2.46. The Morgan fingerprint density at radius 3 is 2.55 bits per heavy atom. The third kappa shape index (κ3) is 4.69. The van der Waals surface area contributed by atoms with E-state index in [1.54, 1.807) is 19.2 Å². The summed E-state index contributed by atoms with van der Waals surface area (Å²) in [4.78, 5) is 28.0. The molecule has 1 amide bonds. The third-order valence-electron chi connectivity index (χ3n) is 5.59. The van der Waals surface area contributed by atoms with Crippen LogP contribution in [-0.4, -0.2) is 42.0 Å². The Morgan fingerprint density at radius 1 is 1.09 bits per heavy atom. The molecule has 7 heteroatoms. The number of nitrogens with zero attached hydrogens (tertiary/aromatic N) is 1. The number of rotatable bonds is 8. The van der Waals surface area contributed by atoms with E-state index in [-0.39, 0.29) is 17.9 Å². The molecular formula is C26H25NO5S. The molecule has 1 saturated heterocycles. The molecule has 2 heterocycles. The lowest BCUT2D eigenvalue weighted by Crippen LogP contribution is -2.32. The molecule has 0 unspecified atom stereocenters. The summed E-state index contributed by atoms with van der Waals surface area (Å²) in [6.45, 7) is 2.81. The van der Waals surface area contributed by atoms with Crippen LogP contribution in [0.15, 0.2) is 71.6 Å². The summed E-state index contributed by atoms with van der Waals surface area (Å²) >= 11 is 1.44. The van der Waals surface area contributed by atoms with Crippen molar-refractivity contribution >= 4 is 28.8 Å². The lowest BCUT2D eigenvalue weighted by atomic mass is 9.97. The molecule has 0 spiro atoms. The van der Waals surface area contributed by atoms with Crippen molar-refractivity contribution in [3.63, 3.8) is 0 Å². The highest BCUT2D eigenvalue weighted by molar-refractivity contribution is 7.10. The average molecular weight is 464 g/mol. The lowest BCUT2D eigenvalue weighted by Gasteiger charge is -2.23. The number of aliphatic hydroxyl groups is 1. The average Bonchev–Trinajstić information content (AvgIpc) is 3.44. The molecule has 3 aromatic rings. The van der Waals surface area contributed by atoms with Gasteiger partial charge in [0.15, 0.2) is 0 Å². The maximum absolute atomic E-state index is 13.0. The van der Waals surface area contributed by atoms with Crippen LogP contribution in [0.3, 0.4) is 0 Å². The topological polar surface area (TPSA) is 76.1 Å². The van der Waals surface area contributed by atoms with Crippen molar-refractivity contribution in [2.45, 2.75) is 19.6 Å². The molecule has 170 valence electrons. The zero-order valence-electron chi connectivity index (χ0n) is 18.5. The summed E-state index contributed by atoms with van der Waals surface area (Å²) in [7, 11) is 1.54. The number of ketones is 1. The molecule has 0 bridgehead atoms. The van der Waals surface area contributed by atoms with Crippen LogP contribution in [-0.2, 0) is 20.9 Å². The van der Waals surface area contributed by atoms with Crippen LogP contribution in [0.25, 0.3) is 5.76 Å². The van der Waals surface area contributed by atoms with E-state index in [0.29, 0.717) is 24.5 Å². The van der Waals surface area contributed by atoms with Crippen LogP contribution in [0.1, 0.15) is 27.6 Å². The van der Waals surface area contributed by atoms with Gasteiger partial charge in [0.2, 0.25) is 0 Å². The molecule has 1 fully saturated rings. The first-order chi connectivity index (χ1) is 16.0. The van der Waals surface area contributed by atoms with E-state index in [4.69, 9.17) is 9.47 Å². The number of likely N-dealkylation sites (tertiary alicyclic amines) is 1. The van der Waals surface area contributed by atoms with E-state index < -0.39 is 17.7 Å². The predicted molar refractivity (Wildman–Crippen MR) is 127 cm³/mol. The second-order valence-corrected chi connectivity index (χ2v) is 8.73. The largest absolute Gasteiger partial charge is 0.507 e. The molecule has 33 heavy (non-hydrogen) atoms. The van der Waals surface area contributed by atoms with Gasteiger partial charge in [-0.2, -0.15) is 0 Å². The molecule has 1 aromatic heterocycles. The van der Waals surface area contributed by atoms with Gasteiger partial charge in [0, 0.05) is 24.1 Å². The zero-order chi connectivity index (χ0) is 23.4. The summed E-state index contributed by atoms with van der Waals surface area (Å²) in [5, 5.41) is 13.1. The summed E-state index contributed by atoms with van der Waals surface area (Å²) < 4.78 is 11.0. The number of carbonyl (C=O) groups is 2. The number of amides is 1. The molecule has 0 saturated carbocycles. The van der Waals surface area contributed by atoms with Gasteiger partial charge >= 0.3 is 0 Å². The van der Waals surface area contributed by atoms with Crippen molar-refractivity contribution in [1.29, 1.82) is 0 Å². The van der Waals surface area contributed by atoms with Crippen LogP contribution in [0.4, 0.5) is 0 Å². The van der Waals surface area contributed by atoms with Crippen molar-refractivity contribution in [2.75, 3.05) is 20.3 Å². The SMILES string of the molecule is COCCN1C(=O)C(=O)/C(=C(/O)c2ccc(OCc3ccccc3)cc2C)[C@H]1c1cccs1. The van der Waals surface area contributed by atoms with Crippen molar-refractivity contribution < 1.29 is 24.2 Å². The minimum Gasteiger partial charge on any atom is -0.507 e. The quantitative estimate of drug-likeness (QED) is 0.298. The minimum absolute atomic E-state index is 0.0969. The fourth-order valence-corrected chi connectivity index (χ4v) is 4.77. The first kappa shape index (κ1) is 22.8. The maximum Gasteiger partial charge on any atom is 0.295 e. The molecule has 1 aliphatic rings. The van der Waals surface area contributed by atoms with Crippen LogP contribution in [0.5, 0.6) is 5.75 Å². The van der Waals surface area contributed by atoms with Gasteiger partial charge in [0.05, 0.1) is 18.2 Å². The zero-order valence-corrected chi connectivity index (χ0v) is 19.3. The molecule has 1 aliphatic heterocycles. The van der Waals surface area contributed by atoms with Crippen LogP contribution in [0, 0.1) is 6.92 Å². The van der Waals surface area contributed by atoms with Crippen molar-refractivity contribution in [3.8, 4) is 5.75 Å². The second-order valence-electron chi connectivity index (χ2n) is 7.75. The molecule has 1 atom stereocenters. The number of hydrogen-bond acceptors (Lipinski definition) is 6. The Labute approximate surface area is 196 Å². The Morgan fingerprint density at radius 2 is 1.88 bits per heavy atom. The number of Topliss-reactive ketones (excluding diaryl/α,β-unsaturated/α-hetero) is 1. The van der Waals surface area contributed by atoms with Crippen molar-refractivity contribution in [2.24, 2.45) is 0 Å². The normalized spacial score (nSPS) is 17.5. The fourth-order valence-electron chi connectivity index (χ4n) is 3.92. The van der Waals surface area contributed by atoms with Gasteiger partial charge in [0.1, 0.15) is 18.1 Å². The van der Waals surface area contributed by atoms with Gasteiger partial charge in [-0.25, -0.2) is 0 Å². The fraction of sp³-hybridized carbons (Fsp3) is 0.231. The highest BCUT2D eigenvalue weighted by Crippen LogP contribution is 2.41. The lowest BCUT2D eigenvalue weighted by molar-refractivity contribution is -0.140. The van der Waals surface area contributed by atoms with Crippen molar-refractivity contribution in [3.05, 3.63) is 93.2 Å². The van der Waals surface area contributed by atoms with Crippen molar-refractivity contribution in [1.82, 2.24) is 4.90 Å². The van der Waals surface area contributed by atoms with E-state index in [1.807, 2.05) is 60.8 Å². The Bertz CT molecular complexity index is 1170. The standard InChI is InChI=1S/C26H25NO5S/c1-17-15-19(32-16-18-7-4-3-5-8-18)10-11-20(17)24(28)22-23(21-9-6-14-33-21)27(12-13-31-2)26(30)25(22)29/h3-11,14-15,23,28H,12-13,16H2,1-2H3/b24-22+/t23-/m1/s1. The number of hydrogen-bond donors (Lipinski definition) is 1. The molecule has 0 aliphatic carbocycles. The number of carbonyl (C=O) groups excluding carboxylic acids is 2. The molecule has 6 nitrogen and oxygen atoms in total. The Kier molecular flexibility index (Phi) is 6.91. The summed E-state index contributed by atoms with van der Waals surface area (Å²) in [5.74, 6) is -0.847. The summed E-state index contributed by atoms with van der Waals surface area (Å²) in [5.41, 5.74) is 2.38. The molecule has 0 radical (unpaired) electrons. The Balaban J connectivity index is 1.66. The van der Waals surface area contributed by atoms with Crippen LogP contribution < -0.4 is 4.74 Å². The van der Waals surface area contributed by atoms with Gasteiger partial charge < -0.3 is 19.5 Å². The first-order valence-electron chi connectivity index (χ1n) is 10.6. The van der Waals surface area contributed by atoms with Gasteiger partial charge in [-0.05, 0) is 47.7 Å². The number of benzene rings is 2. The van der Waals surface area contributed by atoms with E-state index in [0.717, 1.165) is 16.0 Å². The monoisotopic (exact) mass is 463 g/mol. The number of aliphatic hydroxyl groups excluding tert-OH is 1. The van der Waals surface area contributed by atoms with Crippen LogP contribution in [0.2, 0.25) is 0 Å². The summed E-state index contributed by atoms with van der Waals surface area (Å²) in [6.07, 6.45) is 0. The maximum atomic E-state index is 13.0. The minimum atomic E-state index is -0.689. The first-order valence-corrected chi connectivity index (χ1v) is 11.5. The van der Waals surface area contributed by atoms with E-state index in [1.165, 1.54) is 16.2 Å². The number of methoxy groups -OCH3 is 1. The van der Waals surface area contributed by atoms with E-state index in [9.17, 15) is 14.7 Å². The highest BCUT2D eigenvalue weighted by atomic mass is 32.1. The summed E-state index contributed by atoms with van der Waals surface area (Å²) in [6, 6.07) is 18.2. The number of aryl methyl sites for hydroxylation is 1. The van der Waals surface area contributed by atoms with Gasteiger partial charge in [-0.3, -0.25) is 9.59 Å². The molecule has 4 rings (SSSR count). The Hall–Kier alpha value is -3.42. The van der Waals surface area contributed by atoms with Gasteiger partial charge in [0.25, 0.3) is 11.7 Å². The third-order valence-corrected chi connectivity index (χ3v) is 6.52. The smallest absolute Gasteiger partial charge is 0.295 e. The van der Waals surface area contributed by atoms with Gasteiger partial charge in [-0.1, -0.05) is 36.4 Å². The number of thiophene rings is 1. The van der Waals surface area contributed by atoms with Gasteiger partial charge in [-0.15, -0.1) is 11.3 Å². The number of ether oxygens (including phenoxy) is 2. The second kappa shape index (κ2) is 10.0. The van der Waals surface area contributed by atoms with Crippen LogP contribution >= 0.6 is 11.3 Å². The molecular weight excluding hydrogens is 438 g/mol. The predicted octanol–water partition coefficient (Wildman–Crippen LogP) is 4.70. The van der Waals surface area contributed by atoms with E-state index >= 15 is 0 Å². The molecule has 1 N–H and O–H groups in total. The van der Waals surface area contributed by atoms with E-state index in [2.05, 4.69) is 0 Å².